The molecule has 0 saturated carbocycles. The van der Waals surface area contributed by atoms with E-state index in [0.717, 1.165) is 17.7 Å². The van der Waals surface area contributed by atoms with Gasteiger partial charge in [-0.15, -0.1) is 0 Å². The molecule has 1 aromatic rings. The number of hydrogen-bond donors (Lipinski definition) is 1. The molecule has 1 amide bonds. The van der Waals surface area contributed by atoms with Gasteiger partial charge in [-0.1, -0.05) is 12.1 Å². The van der Waals surface area contributed by atoms with E-state index in [1.165, 1.54) is 0 Å². The van der Waals surface area contributed by atoms with Gasteiger partial charge in [0.2, 0.25) is 0 Å². The van der Waals surface area contributed by atoms with E-state index in [1.54, 1.807) is 12.0 Å². The summed E-state index contributed by atoms with van der Waals surface area (Å²) in [4.78, 5) is 14.1. The van der Waals surface area contributed by atoms with E-state index in [-0.39, 0.29) is 18.2 Å². The predicted octanol–water partition coefficient (Wildman–Crippen LogP) is 2.70. The zero-order valence-corrected chi connectivity index (χ0v) is 13.1. The van der Waals surface area contributed by atoms with Gasteiger partial charge in [0.1, 0.15) is 11.4 Å². The fourth-order valence-corrected chi connectivity index (χ4v) is 2.57. The van der Waals surface area contributed by atoms with Crippen molar-refractivity contribution in [3.63, 3.8) is 0 Å². The molecule has 5 heteroatoms. The third-order valence-electron chi connectivity index (χ3n) is 3.53. The maximum Gasteiger partial charge on any atom is 0.410 e. The van der Waals surface area contributed by atoms with E-state index in [0.29, 0.717) is 6.54 Å². The van der Waals surface area contributed by atoms with Gasteiger partial charge in [-0.3, -0.25) is 4.90 Å². The molecule has 1 saturated heterocycles. The highest BCUT2D eigenvalue weighted by Crippen LogP contribution is 2.33. The summed E-state index contributed by atoms with van der Waals surface area (Å²) in [6, 6.07) is 7.44. The minimum atomic E-state index is -0.506. The highest BCUT2D eigenvalue weighted by atomic mass is 16.6. The second-order valence-corrected chi connectivity index (χ2v) is 6.34. The third-order valence-corrected chi connectivity index (χ3v) is 3.53. The molecule has 2 atom stereocenters. The molecule has 2 unspecified atom stereocenters. The van der Waals surface area contributed by atoms with E-state index < -0.39 is 5.60 Å². The van der Waals surface area contributed by atoms with Crippen LogP contribution in [-0.2, 0) is 4.74 Å². The molecule has 5 nitrogen and oxygen atoms in total. The molecule has 0 bridgehead atoms. The molecule has 2 N–H and O–H groups in total. The van der Waals surface area contributed by atoms with Gasteiger partial charge in [0.15, 0.2) is 0 Å². The predicted molar refractivity (Wildman–Crippen MR) is 81.3 cm³/mol. The number of ether oxygens (including phenoxy) is 2. The monoisotopic (exact) mass is 292 g/mol. The second kappa shape index (κ2) is 5.93. The van der Waals surface area contributed by atoms with Gasteiger partial charge in [-0.25, -0.2) is 4.79 Å². The zero-order valence-electron chi connectivity index (χ0n) is 13.1. The zero-order chi connectivity index (χ0) is 15.6. The number of carbonyl (C=O) groups excluding carboxylic acids is 1. The lowest BCUT2D eigenvalue weighted by atomic mass is 10.0. The van der Waals surface area contributed by atoms with Crippen molar-refractivity contribution in [2.75, 3.05) is 13.7 Å². The minimum Gasteiger partial charge on any atom is -0.497 e. The van der Waals surface area contributed by atoms with Crippen molar-refractivity contribution in [1.82, 2.24) is 4.90 Å². The summed E-state index contributed by atoms with van der Waals surface area (Å²) in [6.07, 6.45) is 0.465. The molecular formula is C16H24N2O3. The van der Waals surface area contributed by atoms with Crippen LogP contribution >= 0.6 is 0 Å². The first-order valence-corrected chi connectivity index (χ1v) is 7.21. The number of nitrogens with zero attached hydrogens (tertiary/aromatic N) is 1. The fourth-order valence-electron chi connectivity index (χ4n) is 2.57. The van der Waals surface area contributed by atoms with Crippen LogP contribution in [0.15, 0.2) is 24.3 Å². The van der Waals surface area contributed by atoms with Gasteiger partial charge in [0.05, 0.1) is 13.2 Å². The summed E-state index contributed by atoms with van der Waals surface area (Å²) < 4.78 is 10.6. The summed E-state index contributed by atoms with van der Waals surface area (Å²) >= 11 is 0. The van der Waals surface area contributed by atoms with Crippen LogP contribution < -0.4 is 10.5 Å². The molecule has 1 aliphatic rings. The first kappa shape index (κ1) is 15.6. The summed E-state index contributed by atoms with van der Waals surface area (Å²) in [5.41, 5.74) is 6.69. The Bertz CT molecular complexity index is 493. The van der Waals surface area contributed by atoms with E-state index >= 15 is 0 Å². The Balaban J connectivity index is 2.19. The van der Waals surface area contributed by atoms with Gasteiger partial charge in [0.25, 0.3) is 0 Å². The standard InChI is InChI=1S/C16H24N2O3/c1-16(2,3)21-15(19)18-10-9-13(17)14(18)11-5-7-12(20-4)8-6-11/h5-8,13-14H,9-10,17H2,1-4H3. The van der Waals surface area contributed by atoms with Crippen LogP contribution in [0.2, 0.25) is 0 Å². The van der Waals surface area contributed by atoms with Crippen molar-refractivity contribution in [2.45, 2.75) is 44.9 Å². The van der Waals surface area contributed by atoms with Gasteiger partial charge < -0.3 is 15.2 Å². The largest absolute Gasteiger partial charge is 0.497 e. The van der Waals surface area contributed by atoms with E-state index in [9.17, 15) is 4.79 Å². The lowest BCUT2D eigenvalue weighted by Crippen LogP contribution is -2.39. The Morgan fingerprint density at radius 3 is 2.43 bits per heavy atom. The number of nitrogens with two attached hydrogens (primary N) is 1. The average molecular weight is 292 g/mol. The smallest absolute Gasteiger partial charge is 0.410 e. The Morgan fingerprint density at radius 2 is 1.90 bits per heavy atom. The van der Waals surface area contributed by atoms with Crippen LogP contribution in [0.4, 0.5) is 4.79 Å². The number of amides is 1. The van der Waals surface area contributed by atoms with Gasteiger partial charge >= 0.3 is 6.09 Å². The fraction of sp³-hybridized carbons (Fsp3) is 0.562. The number of benzene rings is 1. The summed E-state index contributed by atoms with van der Waals surface area (Å²) in [5, 5.41) is 0. The average Bonchev–Trinajstić information content (AvgIpc) is 2.79. The summed E-state index contributed by atoms with van der Waals surface area (Å²) in [5.74, 6) is 0.786. The lowest BCUT2D eigenvalue weighted by Gasteiger charge is -2.30. The normalized spacial score (nSPS) is 22.2. The lowest BCUT2D eigenvalue weighted by molar-refractivity contribution is 0.0218. The number of methoxy groups -OCH3 is 1. The van der Waals surface area contributed by atoms with Crippen molar-refractivity contribution < 1.29 is 14.3 Å². The van der Waals surface area contributed by atoms with Crippen LogP contribution in [0.3, 0.4) is 0 Å². The molecule has 1 aromatic carbocycles. The number of carbonyl (C=O) groups is 1. The Hall–Kier alpha value is -1.75. The SMILES string of the molecule is COc1ccc(C2C(N)CCN2C(=O)OC(C)(C)C)cc1. The third kappa shape index (κ3) is 3.67. The number of rotatable bonds is 2. The van der Waals surface area contributed by atoms with E-state index in [1.807, 2.05) is 45.0 Å². The van der Waals surface area contributed by atoms with Crippen molar-refractivity contribution in [3.8, 4) is 5.75 Å². The van der Waals surface area contributed by atoms with E-state index in [4.69, 9.17) is 15.2 Å². The minimum absolute atomic E-state index is 0.0779. The van der Waals surface area contributed by atoms with Crippen molar-refractivity contribution in [3.05, 3.63) is 29.8 Å². The van der Waals surface area contributed by atoms with Crippen molar-refractivity contribution in [2.24, 2.45) is 5.73 Å². The first-order valence-electron chi connectivity index (χ1n) is 7.21. The van der Waals surface area contributed by atoms with Crippen LogP contribution in [0.5, 0.6) is 5.75 Å². The Morgan fingerprint density at radius 1 is 1.29 bits per heavy atom. The van der Waals surface area contributed by atoms with Gasteiger partial charge in [-0.05, 0) is 44.9 Å². The highest BCUT2D eigenvalue weighted by Gasteiger charge is 2.38. The van der Waals surface area contributed by atoms with Crippen LogP contribution in [0.1, 0.15) is 38.8 Å². The Labute approximate surface area is 126 Å². The molecule has 1 aliphatic heterocycles. The number of likely N-dealkylation sites (tertiary alicyclic amines) is 1. The molecule has 0 aliphatic carbocycles. The topological polar surface area (TPSA) is 64.8 Å². The second-order valence-electron chi connectivity index (χ2n) is 6.34. The van der Waals surface area contributed by atoms with Crippen LogP contribution in [0, 0.1) is 0 Å². The van der Waals surface area contributed by atoms with Gasteiger partial charge in [0, 0.05) is 12.6 Å². The molecular weight excluding hydrogens is 268 g/mol. The molecule has 0 spiro atoms. The maximum atomic E-state index is 12.3. The molecule has 1 fully saturated rings. The molecule has 0 aromatic heterocycles. The highest BCUT2D eigenvalue weighted by molar-refractivity contribution is 5.69. The molecule has 0 radical (unpaired) electrons. The molecule has 116 valence electrons. The molecule has 2 rings (SSSR count). The summed E-state index contributed by atoms with van der Waals surface area (Å²) in [6.45, 7) is 6.21. The molecule has 1 heterocycles. The van der Waals surface area contributed by atoms with Crippen molar-refractivity contribution >= 4 is 6.09 Å². The number of hydrogen-bond acceptors (Lipinski definition) is 4. The van der Waals surface area contributed by atoms with Crippen molar-refractivity contribution in [1.29, 1.82) is 0 Å². The molecule has 21 heavy (non-hydrogen) atoms. The quantitative estimate of drug-likeness (QED) is 0.910. The maximum absolute atomic E-state index is 12.3. The Kier molecular flexibility index (Phi) is 4.42. The van der Waals surface area contributed by atoms with E-state index in [2.05, 4.69) is 0 Å². The first-order chi connectivity index (χ1) is 9.81. The summed E-state index contributed by atoms with van der Waals surface area (Å²) in [7, 11) is 1.63. The van der Waals surface area contributed by atoms with Gasteiger partial charge in [-0.2, -0.15) is 0 Å². The van der Waals surface area contributed by atoms with Crippen LogP contribution in [0.25, 0.3) is 0 Å². The van der Waals surface area contributed by atoms with Crippen LogP contribution in [-0.4, -0.2) is 36.3 Å².